The van der Waals surface area contributed by atoms with Gasteiger partial charge in [-0.2, -0.15) is 10.2 Å². The minimum atomic E-state index is 0.648. The molecular formula is C14H22ClN5. The van der Waals surface area contributed by atoms with Crippen LogP contribution in [0.2, 0.25) is 5.02 Å². The number of nitrogens with zero attached hydrogens (tertiary/aromatic N) is 4. The Balaban J connectivity index is 2.20. The lowest BCUT2D eigenvalue weighted by Gasteiger charge is -2.03. The Labute approximate surface area is 124 Å². The first kappa shape index (κ1) is 15.1. The minimum absolute atomic E-state index is 0.648. The van der Waals surface area contributed by atoms with Crippen LogP contribution in [0, 0.1) is 6.92 Å². The number of nitrogens with one attached hydrogen (secondary N) is 1. The third-order valence-electron chi connectivity index (χ3n) is 3.43. The lowest BCUT2D eigenvalue weighted by Crippen LogP contribution is -2.11. The van der Waals surface area contributed by atoms with E-state index in [2.05, 4.69) is 35.6 Å². The van der Waals surface area contributed by atoms with E-state index in [-0.39, 0.29) is 0 Å². The van der Waals surface area contributed by atoms with Crippen LogP contribution in [0.15, 0.2) is 6.20 Å². The Hall–Kier alpha value is -1.33. The molecule has 0 radical (unpaired) electrons. The van der Waals surface area contributed by atoms with Crippen molar-refractivity contribution in [1.82, 2.24) is 24.9 Å². The molecule has 0 saturated heterocycles. The molecule has 1 N–H and O–H groups in total. The summed E-state index contributed by atoms with van der Waals surface area (Å²) in [6, 6.07) is 0. The van der Waals surface area contributed by atoms with Crippen molar-refractivity contribution < 1.29 is 0 Å². The van der Waals surface area contributed by atoms with E-state index in [0.717, 1.165) is 41.6 Å². The Bertz CT molecular complexity index is 585. The fourth-order valence-corrected chi connectivity index (χ4v) is 2.57. The predicted octanol–water partition coefficient (Wildman–Crippen LogP) is 2.30. The van der Waals surface area contributed by atoms with Crippen molar-refractivity contribution >= 4 is 11.6 Å². The monoisotopic (exact) mass is 295 g/mol. The van der Waals surface area contributed by atoms with Crippen LogP contribution in [-0.2, 0) is 26.6 Å². The molecule has 0 aliphatic carbocycles. The highest BCUT2D eigenvalue weighted by molar-refractivity contribution is 6.31. The third kappa shape index (κ3) is 3.04. The minimum Gasteiger partial charge on any atom is -0.313 e. The largest absolute Gasteiger partial charge is 0.313 e. The van der Waals surface area contributed by atoms with Crippen LogP contribution in [0.3, 0.4) is 0 Å². The average molecular weight is 296 g/mol. The van der Waals surface area contributed by atoms with Gasteiger partial charge in [0.2, 0.25) is 0 Å². The number of hydrogen-bond acceptors (Lipinski definition) is 3. The first-order chi connectivity index (χ1) is 9.56. The van der Waals surface area contributed by atoms with Crippen molar-refractivity contribution in [2.24, 2.45) is 7.05 Å². The van der Waals surface area contributed by atoms with Gasteiger partial charge >= 0.3 is 0 Å². The van der Waals surface area contributed by atoms with E-state index in [9.17, 15) is 0 Å². The zero-order valence-electron chi connectivity index (χ0n) is 12.6. The molecule has 6 heteroatoms. The molecule has 2 heterocycles. The molecule has 2 rings (SSSR count). The van der Waals surface area contributed by atoms with E-state index in [1.807, 2.05) is 23.3 Å². The highest BCUT2D eigenvalue weighted by Crippen LogP contribution is 2.21. The van der Waals surface area contributed by atoms with E-state index in [0.29, 0.717) is 6.54 Å². The Kier molecular flexibility index (Phi) is 4.83. The van der Waals surface area contributed by atoms with Gasteiger partial charge in [-0.05, 0) is 19.9 Å². The summed E-state index contributed by atoms with van der Waals surface area (Å²) >= 11 is 6.37. The van der Waals surface area contributed by atoms with Crippen LogP contribution in [0.1, 0.15) is 36.5 Å². The molecule has 20 heavy (non-hydrogen) atoms. The second-order valence-corrected chi connectivity index (χ2v) is 5.28. The van der Waals surface area contributed by atoms with Gasteiger partial charge in [0.25, 0.3) is 0 Å². The quantitative estimate of drug-likeness (QED) is 0.889. The Morgan fingerprint density at radius 3 is 2.65 bits per heavy atom. The standard InChI is InChI=1S/C14H22ClN5/c1-5-12-14(15)13(19(4)18-12)9-20-8-11(7-16-6-2)10(3)17-20/h8,16H,5-7,9H2,1-4H3. The molecule has 0 saturated carbocycles. The third-order valence-corrected chi connectivity index (χ3v) is 3.86. The molecule has 0 atom stereocenters. The van der Waals surface area contributed by atoms with Crippen LogP contribution >= 0.6 is 11.6 Å². The number of rotatable bonds is 6. The molecule has 2 aromatic rings. The molecule has 0 fully saturated rings. The predicted molar refractivity (Wildman–Crippen MR) is 81.0 cm³/mol. The van der Waals surface area contributed by atoms with Crippen LogP contribution in [0.5, 0.6) is 0 Å². The summed E-state index contributed by atoms with van der Waals surface area (Å²) in [5.74, 6) is 0. The highest BCUT2D eigenvalue weighted by Gasteiger charge is 2.14. The van der Waals surface area contributed by atoms with Gasteiger partial charge in [-0.15, -0.1) is 0 Å². The first-order valence-corrected chi connectivity index (χ1v) is 7.38. The van der Waals surface area contributed by atoms with E-state index >= 15 is 0 Å². The summed E-state index contributed by atoms with van der Waals surface area (Å²) in [6.07, 6.45) is 2.92. The molecule has 5 nitrogen and oxygen atoms in total. The van der Waals surface area contributed by atoms with Crippen LogP contribution in [-0.4, -0.2) is 26.1 Å². The van der Waals surface area contributed by atoms with Gasteiger partial charge < -0.3 is 5.32 Å². The summed E-state index contributed by atoms with van der Waals surface area (Å²) in [5, 5.41) is 13.1. The SMILES string of the molecule is CCNCc1cn(Cc2c(Cl)c(CC)nn2C)nc1C. The van der Waals surface area contributed by atoms with E-state index in [1.54, 1.807) is 0 Å². The van der Waals surface area contributed by atoms with Crippen molar-refractivity contribution in [3.8, 4) is 0 Å². The molecule has 0 unspecified atom stereocenters. The van der Waals surface area contributed by atoms with E-state index in [1.165, 1.54) is 5.56 Å². The lowest BCUT2D eigenvalue weighted by molar-refractivity contribution is 0.614. The number of aromatic nitrogens is 4. The summed E-state index contributed by atoms with van der Waals surface area (Å²) in [5.41, 5.74) is 4.22. The van der Waals surface area contributed by atoms with Crippen LogP contribution in [0.25, 0.3) is 0 Å². The second-order valence-electron chi connectivity index (χ2n) is 4.90. The molecule has 0 bridgehead atoms. The lowest BCUT2D eigenvalue weighted by atomic mass is 10.2. The van der Waals surface area contributed by atoms with Gasteiger partial charge in [-0.1, -0.05) is 25.4 Å². The molecule has 0 amide bonds. The van der Waals surface area contributed by atoms with Crippen molar-refractivity contribution in [3.63, 3.8) is 0 Å². The van der Waals surface area contributed by atoms with Gasteiger partial charge in [-0.25, -0.2) is 0 Å². The Morgan fingerprint density at radius 2 is 2.05 bits per heavy atom. The second kappa shape index (κ2) is 6.41. The zero-order valence-corrected chi connectivity index (χ0v) is 13.3. The summed E-state index contributed by atoms with van der Waals surface area (Å²) < 4.78 is 3.78. The summed E-state index contributed by atoms with van der Waals surface area (Å²) in [4.78, 5) is 0. The van der Waals surface area contributed by atoms with E-state index < -0.39 is 0 Å². The molecular weight excluding hydrogens is 274 g/mol. The molecule has 0 aliphatic rings. The maximum Gasteiger partial charge on any atom is 0.0869 e. The van der Waals surface area contributed by atoms with Gasteiger partial charge in [0.05, 0.1) is 28.6 Å². The van der Waals surface area contributed by atoms with Crippen molar-refractivity contribution in [1.29, 1.82) is 0 Å². The van der Waals surface area contributed by atoms with Crippen LogP contribution < -0.4 is 5.32 Å². The number of halogens is 1. The maximum absolute atomic E-state index is 6.37. The summed E-state index contributed by atoms with van der Waals surface area (Å²) in [6.45, 7) is 8.65. The zero-order chi connectivity index (χ0) is 14.7. The first-order valence-electron chi connectivity index (χ1n) is 7.00. The van der Waals surface area contributed by atoms with Crippen molar-refractivity contribution in [2.45, 2.75) is 40.3 Å². The average Bonchev–Trinajstić information content (AvgIpc) is 2.90. The van der Waals surface area contributed by atoms with E-state index in [4.69, 9.17) is 11.6 Å². The van der Waals surface area contributed by atoms with Gasteiger partial charge in [0.1, 0.15) is 0 Å². The number of hydrogen-bond donors (Lipinski definition) is 1. The molecule has 0 aliphatic heterocycles. The fraction of sp³-hybridized carbons (Fsp3) is 0.571. The van der Waals surface area contributed by atoms with Gasteiger partial charge in [0.15, 0.2) is 0 Å². The number of aryl methyl sites for hydroxylation is 3. The topological polar surface area (TPSA) is 47.7 Å². The highest BCUT2D eigenvalue weighted by atomic mass is 35.5. The normalized spacial score (nSPS) is 11.2. The molecule has 110 valence electrons. The van der Waals surface area contributed by atoms with Crippen molar-refractivity contribution in [2.75, 3.05) is 6.54 Å². The maximum atomic E-state index is 6.37. The summed E-state index contributed by atoms with van der Waals surface area (Å²) in [7, 11) is 1.93. The van der Waals surface area contributed by atoms with Gasteiger partial charge in [-0.3, -0.25) is 9.36 Å². The fourth-order valence-electron chi connectivity index (χ4n) is 2.22. The molecule has 0 spiro atoms. The van der Waals surface area contributed by atoms with Crippen LogP contribution in [0.4, 0.5) is 0 Å². The van der Waals surface area contributed by atoms with Crippen molar-refractivity contribution in [3.05, 3.63) is 33.9 Å². The molecule has 2 aromatic heterocycles. The molecule has 0 aromatic carbocycles. The smallest absolute Gasteiger partial charge is 0.0869 e. The Morgan fingerprint density at radius 1 is 1.30 bits per heavy atom. The van der Waals surface area contributed by atoms with Gasteiger partial charge in [0, 0.05) is 25.4 Å².